The van der Waals surface area contributed by atoms with Gasteiger partial charge in [-0.1, -0.05) is 0 Å². The van der Waals surface area contributed by atoms with E-state index in [2.05, 4.69) is 15.4 Å². The van der Waals surface area contributed by atoms with Gasteiger partial charge < -0.3 is 25.4 Å². The molecule has 1 fully saturated rings. The first-order chi connectivity index (χ1) is 14.0. The lowest BCUT2D eigenvalue weighted by Gasteiger charge is -2.15. The van der Waals surface area contributed by atoms with Crippen molar-refractivity contribution in [2.24, 2.45) is 12.0 Å². The van der Waals surface area contributed by atoms with Gasteiger partial charge in [0.25, 0.3) is 5.91 Å². The van der Waals surface area contributed by atoms with Gasteiger partial charge in [-0.25, -0.2) is 4.79 Å². The number of aryl methyl sites for hydroxylation is 1. The lowest BCUT2D eigenvalue weighted by Crippen LogP contribution is -2.38. The van der Waals surface area contributed by atoms with Gasteiger partial charge in [-0.3, -0.25) is 14.5 Å². The van der Waals surface area contributed by atoms with E-state index < -0.39 is 0 Å². The highest BCUT2D eigenvalue weighted by atomic mass is 16.6. The van der Waals surface area contributed by atoms with Crippen LogP contribution in [0.1, 0.15) is 11.3 Å². The van der Waals surface area contributed by atoms with Crippen LogP contribution in [0.15, 0.2) is 35.5 Å². The summed E-state index contributed by atoms with van der Waals surface area (Å²) in [5.74, 6) is 0.180. The second-order valence-corrected chi connectivity index (χ2v) is 6.41. The van der Waals surface area contributed by atoms with E-state index in [9.17, 15) is 9.59 Å². The number of nitrogens with two attached hydrogens (primary N) is 1. The summed E-state index contributed by atoms with van der Waals surface area (Å²) in [5.41, 5.74) is 8.06. The first-order valence-corrected chi connectivity index (χ1v) is 9.16. The van der Waals surface area contributed by atoms with Crippen LogP contribution in [0.4, 0.5) is 10.5 Å². The molecule has 1 saturated heterocycles. The number of benzene rings is 1. The highest BCUT2D eigenvalue weighted by Gasteiger charge is 2.22. The Balaban J connectivity index is 1.63. The Hall–Kier alpha value is -3.56. The van der Waals surface area contributed by atoms with Crippen LogP contribution in [-0.2, 0) is 23.2 Å². The zero-order chi connectivity index (χ0) is 20.8. The van der Waals surface area contributed by atoms with E-state index in [4.69, 9.17) is 15.2 Å². The monoisotopic (exact) mass is 400 g/mol. The minimum Gasteiger partial charge on any atom is -0.487 e. The van der Waals surface area contributed by atoms with Crippen molar-refractivity contribution in [2.45, 2.75) is 6.61 Å². The number of aliphatic imine (C=N–C) groups is 1. The largest absolute Gasteiger partial charge is 0.487 e. The topological polar surface area (TPSA) is 124 Å². The molecule has 1 aliphatic heterocycles. The fourth-order valence-corrected chi connectivity index (χ4v) is 2.89. The van der Waals surface area contributed by atoms with Gasteiger partial charge >= 0.3 is 6.09 Å². The van der Waals surface area contributed by atoms with Crippen molar-refractivity contribution in [2.75, 3.05) is 39.0 Å². The quantitative estimate of drug-likeness (QED) is 0.493. The normalized spacial score (nSPS) is 14.1. The van der Waals surface area contributed by atoms with E-state index >= 15 is 0 Å². The van der Waals surface area contributed by atoms with Gasteiger partial charge in [0.2, 0.25) is 0 Å². The number of carbonyl (C=O) groups is 2. The molecule has 2 aromatic rings. The maximum Gasteiger partial charge on any atom is 0.409 e. The number of nitrogens with one attached hydrogen (secondary N) is 1. The maximum atomic E-state index is 12.6. The third-order valence-corrected chi connectivity index (χ3v) is 4.54. The van der Waals surface area contributed by atoms with Gasteiger partial charge in [0.05, 0.1) is 12.2 Å². The second-order valence-electron chi connectivity index (χ2n) is 6.41. The second kappa shape index (κ2) is 9.09. The SMILES string of the molecule is CN=C(C(=O)NCCN1CCOC1=O)c1cc(OCc2ccnn2C)ccc1N. The number of nitrogen functional groups attached to an aromatic ring is 1. The van der Waals surface area contributed by atoms with Crippen molar-refractivity contribution < 1.29 is 19.1 Å². The van der Waals surface area contributed by atoms with Crippen LogP contribution in [0.3, 0.4) is 0 Å². The Morgan fingerprint density at radius 1 is 1.41 bits per heavy atom. The number of carbonyl (C=O) groups excluding carboxylic acids is 2. The molecule has 0 spiro atoms. The Labute approximate surface area is 168 Å². The van der Waals surface area contributed by atoms with Crippen molar-refractivity contribution in [3.63, 3.8) is 0 Å². The summed E-state index contributed by atoms with van der Waals surface area (Å²) in [6.07, 6.45) is 1.33. The van der Waals surface area contributed by atoms with E-state index in [-0.39, 0.29) is 24.3 Å². The van der Waals surface area contributed by atoms with Crippen LogP contribution in [0.5, 0.6) is 5.75 Å². The molecule has 2 heterocycles. The zero-order valence-corrected chi connectivity index (χ0v) is 16.4. The summed E-state index contributed by atoms with van der Waals surface area (Å²) < 4.78 is 12.4. The van der Waals surface area contributed by atoms with Gasteiger partial charge in [-0.2, -0.15) is 5.10 Å². The lowest BCUT2D eigenvalue weighted by molar-refractivity contribution is -0.114. The number of ether oxygens (including phenoxy) is 2. The summed E-state index contributed by atoms with van der Waals surface area (Å²) in [5, 5.41) is 6.86. The molecule has 10 nitrogen and oxygen atoms in total. The van der Waals surface area contributed by atoms with E-state index in [0.29, 0.717) is 43.3 Å². The highest BCUT2D eigenvalue weighted by molar-refractivity contribution is 6.46. The molecule has 29 heavy (non-hydrogen) atoms. The molecule has 154 valence electrons. The van der Waals surface area contributed by atoms with E-state index in [0.717, 1.165) is 5.69 Å². The van der Waals surface area contributed by atoms with E-state index in [1.807, 2.05) is 13.1 Å². The van der Waals surface area contributed by atoms with Crippen molar-refractivity contribution >= 4 is 23.4 Å². The molecule has 0 radical (unpaired) electrons. The molecule has 1 aromatic heterocycles. The van der Waals surface area contributed by atoms with Crippen LogP contribution < -0.4 is 15.8 Å². The fourth-order valence-electron chi connectivity index (χ4n) is 2.89. The Morgan fingerprint density at radius 3 is 2.90 bits per heavy atom. The Morgan fingerprint density at radius 2 is 2.24 bits per heavy atom. The zero-order valence-electron chi connectivity index (χ0n) is 16.4. The molecule has 2 amide bonds. The maximum absolute atomic E-state index is 12.6. The molecular formula is C19H24N6O4. The van der Waals surface area contributed by atoms with E-state index in [1.165, 1.54) is 11.9 Å². The van der Waals surface area contributed by atoms with Crippen LogP contribution in [-0.4, -0.2) is 65.7 Å². The third-order valence-electron chi connectivity index (χ3n) is 4.54. The first kappa shape index (κ1) is 20.2. The predicted octanol–water partition coefficient (Wildman–Crippen LogP) is 0.569. The first-order valence-electron chi connectivity index (χ1n) is 9.16. The third kappa shape index (κ3) is 4.84. The predicted molar refractivity (Wildman–Crippen MR) is 107 cm³/mol. The fraction of sp³-hybridized carbons (Fsp3) is 0.368. The average Bonchev–Trinajstić information content (AvgIpc) is 3.30. The Kier molecular flexibility index (Phi) is 6.32. The summed E-state index contributed by atoms with van der Waals surface area (Å²) in [7, 11) is 3.36. The van der Waals surface area contributed by atoms with Gasteiger partial charge in [-0.05, 0) is 24.3 Å². The van der Waals surface area contributed by atoms with Gasteiger partial charge in [0.15, 0.2) is 0 Å². The van der Waals surface area contributed by atoms with Crippen LogP contribution in [0.25, 0.3) is 0 Å². The molecule has 0 atom stereocenters. The molecule has 1 aromatic carbocycles. The minimum atomic E-state index is -0.379. The molecule has 3 rings (SSSR count). The van der Waals surface area contributed by atoms with Crippen molar-refractivity contribution in [1.29, 1.82) is 0 Å². The molecular weight excluding hydrogens is 376 g/mol. The van der Waals surface area contributed by atoms with E-state index in [1.54, 1.807) is 29.1 Å². The molecule has 0 saturated carbocycles. The molecule has 10 heteroatoms. The number of aromatic nitrogens is 2. The van der Waals surface area contributed by atoms with Crippen molar-refractivity contribution in [3.05, 3.63) is 41.7 Å². The van der Waals surface area contributed by atoms with Crippen LogP contribution >= 0.6 is 0 Å². The van der Waals surface area contributed by atoms with Crippen molar-refractivity contribution in [1.82, 2.24) is 20.0 Å². The average molecular weight is 400 g/mol. The number of cyclic esters (lactones) is 1. The molecule has 3 N–H and O–H groups in total. The number of hydrogen-bond acceptors (Lipinski definition) is 7. The minimum absolute atomic E-state index is 0.192. The van der Waals surface area contributed by atoms with Crippen LogP contribution in [0, 0.1) is 0 Å². The Bertz CT molecular complexity index is 923. The van der Waals surface area contributed by atoms with Gasteiger partial charge in [-0.15, -0.1) is 0 Å². The number of nitrogens with zero attached hydrogens (tertiary/aromatic N) is 4. The summed E-state index contributed by atoms with van der Waals surface area (Å²) in [6, 6.07) is 6.96. The van der Waals surface area contributed by atoms with Gasteiger partial charge in [0, 0.05) is 44.6 Å². The van der Waals surface area contributed by atoms with Gasteiger partial charge in [0.1, 0.15) is 24.7 Å². The molecule has 0 bridgehead atoms. The summed E-state index contributed by atoms with van der Waals surface area (Å²) in [4.78, 5) is 29.7. The standard InChI is InChI=1S/C19H24N6O4/c1-21-17(18(26)22-7-8-25-9-10-28-19(25)27)15-11-14(3-4-16(15)20)29-12-13-5-6-23-24(13)2/h3-6,11H,7-10,12,20H2,1-2H3,(H,22,26). The molecule has 0 unspecified atom stereocenters. The number of rotatable bonds is 8. The number of amides is 2. The summed E-state index contributed by atoms with van der Waals surface area (Å²) >= 11 is 0. The summed E-state index contributed by atoms with van der Waals surface area (Å²) in [6.45, 7) is 1.87. The van der Waals surface area contributed by atoms with Crippen molar-refractivity contribution in [3.8, 4) is 5.75 Å². The number of anilines is 1. The molecule has 1 aliphatic rings. The highest BCUT2D eigenvalue weighted by Crippen LogP contribution is 2.22. The lowest BCUT2D eigenvalue weighted by atomic mass is 10.1. The number of hydrogen-bond donors (Lipinski definition) is 2. The van der Waals surface area contributed by atoms with Crippen LogP contribution in [0.2, 0.25) is 0 Å². The molecule has 0 aliphatic carbocycles. The smallest absolute Gasteiger partial charge is 0.409 e.